The molecule has 2 aliphatic rings. The molecule has 12 rings (SSSR count). The van der Waals surface area contributed by atoms with Crippen molar-refractivity contribution < 1.29 is 0 Å². The molecule has 1 heteroatoms. The highest BCUT2D eigenvalue weighted by atomic mass is 14.6. The molecule has 0 fully saturated rings. The summed E-state index contributed by atoms with van der Waals surface area (Å²) in [7, 11) is 0. The van der Waals surface area contributed by atoms with Gasteiger partial charge in [0.05, 0.1) is 10.8 Å². The first kappa shape index (κ1) is 41.0. The van der Waals surface area contributed by atoms with Gasteiger partial charge in [-0.25, -0.2) is 0 Å². The number of nitrogens with two attached hydrogens (primary N) is 1. The van der Waals surface area contributed by atoms with Crippen LogP contribution in [0.4, 0.5) is 5.69 Å². The van der Waals surface area contributed by atoms with E-state index in [9.17, 15) is 0 Å². The van der Waals surface area contributed by atoms with E-state index in [1.807, 2.05) is 36.4 Å². The van der Waals surface area contributed by atoms with Crippen LogP contribution in [0.1, 0.15) is 55.6 Å². The lowest BCUT2D eigenvalue weighted by Gasteiger charge is -2.50. The van der Waals surface area contributed by atoms with E-state index >= 15 is 0 Å². The van der Waals surface area contributed by atoms with Gasteiger partial charge in [0, 0.05) is 5.69 Å². The fourth-order valence-corrected chi connectivity index (χ4v) is 10.4. The van der Waals surface area contributed by atoms with Crippen LogP contribution in [-0.4, -0.2) is 0 Å². The highest BCUT2D eigenvalue weighted by Gasteiger charge is 2.56. The first-order valence-corrected chi connectivity index (χ1v) is 22.5. The van der Waals surface area contributed by atoms with E-state index in [1.165, 1.54) is 89.0 Å². The lowest BCUT2D eigenvalue weighted by molar-refractivity contribution is 0.623. The predicted molar refractivity (Wildman–Crippen MR) is 273 cm³/mol. The second kappa shape index (κ2) is 17.6. The topological polar surface area (TPSA) is 26.0 Å². The van der Waals surface area contributed by atoms with Gasteiger partial charge in [-0.1, -0.05) is 254 Å². The Morgan fingerprint density at radius 1 is 0.262 bits per heavy atom. The van der Waals surface area contributed by atoms with Crippen LogP contribution in [0.5, 0.6) is 0 Å². The van der Waals surface area contributed by atoms with Crippen molar-refractivity contribution in [3.63, 3.8) is 0 Å². The Hall–Kier alpha value is -8.00. The minimum absolute atomic E-state index is 0.466. The summed E-state index contributed by atoms with van der Waals surface area (Å²) >= 11 is 0. The van der Waals surface area contributed by atoms with Gasteiger partial charge >= 0.3 is 0 Å². The van der Waals surface area contributed by atoms with Crippen molar-refractivity contribution in [3.05, 3.63) is 316 Å². The summed E-state index contributed by atoms with van der Waals surface area (Å²) in [6, 6.07) is 94.1. The molecular formula is C64H51N. The number of fused-ring (bicyclic) bond motifs is 9. The number of benzene rings is 10. The minimum Gasteiger partial charge on any atom is -0.399 e. The van der Waals surface area contributed by atoms with Crippen LogP contribution in [0.2, 0.25) is 0 Å². The molecule has 0 atom stereocenters. The summed E-state index contributed by atoms with van der Waals surface area (Å²) in [4.78, 5) is 0. The third-order valence-electron chi connectivity index (χ3n) is 13.3. The highest BCUT2D eigenvalue weighted by molar-refractivity contribution is 5.91. The molecule has 0 aromatic heterocycles. The van der Waals surface area contributed by atoms with Gasteiger partial charge in [0.2, 0.25) is 0 Å². The van der Waals surface area contributed by atoms with Crippen molar-refractivity contribution in [2.45, 2.75) is 24.7 Å². The first-order chi connectivity index (χ1) is 32.0. The average molecular weight is 834 g/mol. The molecule has 0 saturated heterocycles. The molecule has 10 aromatic carbocycles. The molecule has 65 heavy (non-hydrogen) atoms. The van der Waals surface area contributed by atoms with E-state index < -0.39 is 10.8 Å². The van der Waals surface area contributed by atoms with Gasteiger partial charge in [-0.05, 0) is 110 Å². The Kier molecular flexibility index (Phi) is 11.1. The fraction of sp³-hybridized carbons (Fsp3) is 0.0625. The Bertz CT molecular complexity index is 3100. The van der Waals surface area contributed by atoms with E-state index in [2.05, 4.69) is 238 Å². The summed E-state index contributed by atoms with van der Waals surface area (Å²) in [6.45, 7) is 4.19. The molecule has 0 heterocycles. The quantitative estimate of drug-likeness (QED) is 0.176. The zero-order chi connectivity index (χ0) is 44.2. The minimum atomic E-state index is -0.484. The molecule has 0 aliphatic heterocycles. The normalized spacial score (nSPS) is 13.1. The summed E-state index contributed by atoms with van der Waals surface area (Å²) < 4.78 is 0. The van der Waals surface area contributed by atoms with E-state index in [0.29, 0.717) is 0 Å². The van der Waals surface area contributed by atoms with Crippen LogP contribution in [-0.2, 0) is 10.8 Å². The molecule has 0 radical (unpaired) electrons. The van der Waals surface area contributed by atoms with Crippen LogP contribution < -0.4 is 5.73 Å². The maximum absolute atomic E-state index is 6.05. The van der Waals surface area contributed by atoms with Gasteiger partial charge in [0.1, 0.15) is 0 Å². The lowest BCUT2D eigenvalue weighted by Crippen LogP contribution is -2.44. The molecule has 0 saturated carbocycles. The third kappa shape index (κ3) is 7.26. The Morgan fingerprint density at radius 2 is 0.615 bits per heavy atom. The van der Waals surface area contributed by atoms with Crippen LogP contribution >= 0.6 is 0 Å². The lowest BCUT2D eigenvalue weighted by atomic mass is 9.51. The van der Waals surface area contributed by atoms with Crippen LogP contribution in [0.15, 0.2) is 261 Å². The molecule has 1 nitrogen and oxygen atoms in total. The third-order valence-corrected chi connectivity index (χ3v) is 13.3. The fourth-order valence-electron chi connectivity index (χ4n) is 10.4. The molecule has 312 valence electrons. The van der Waals surface area contributed by atoms with Gasteiger partial charge in [0.25, 0.3) is 0 Å². The Balaban J connectivity index is 0.000000205. The van der Waals surface area contributed by atoms with Gasteiger partial charge < -0.3 is 5.73 Å². The monoisotopic (exact) mass is 833 g/mol. The van der Waals surface area contributed by atoms with E-state index in [1.54, 1.807) is 0 Å². The molecule has 0 amide bonds. The number of hydrogen-bond donors (Lipinski definition) is 1. The Morgan fingerprint density at radius 3 is 1.12 bits per heavy atom. The summed E-state index contributed by atoms with van der Waals surface area (Å²) in [6.07, 6.45) is 0. The number of hydrogen-bond acceptors (Lipinski definition) is 1. The van der Waals surface area contributed by atoms with E-state index in [4.69, 9.17) is 5.73 Å². The maximum Gasteiger partial charge on any atom is 0.0720 e. The summed E-state index contributed by atoms with van der Waals surface area (Å²) in [5.41, 5.74) is 26.6. The second-order valence-electron chi connectivity index (χ2n) is 17.1. The van der Waals surface area contributed by atoms with Gasteiger partial charge in [-0.3, -0.25) is 0 Å². The molecule has 10 aromatic rings. The zero-order valence-corrected chi connectivity index (χ0v) is 36.9. The first-order valence-electron chi connectivity index (χ1n) is 22.5. The average Bonchev–Trinajstić information content (AvgIpc) is 3.66. The molecular weight excluding hydrogens is 783 g/mol. The van der Waals surface area contributed by atoms with E-state index in [0.717, 1.165) is 5.69 Å². The SMILES string of the molecule is Cc1ccc(-c2ccccc2)cc1.Cc1ccccc1.Nc1ccc(-c2ccc3c(c2)-c2ccccc2C32c3ccccc3C(c3ccccc3)(c3ccccc3)c3ccccc32)cc1. The Labute approximate surface area is 384 Å². The van der Waals surface area contributed by atoms with Crippen molar-refractivity contribution in [1.82, 2.24) is 0 Å². The smallest absolute Gasteiger partial charge is 0.0720 e. The summed E-state index contributed by atoms with van der Waals surface area (Å²) in [5.74, 6) is 0. The largest absolute Gasteiger partial charge is 0.399 e. The summed E-state index contributed by atoms with van der Waals surface area (Å²) in [5, 5.41) is 0. The van der Waals surface area contributed by atoms with E-state index in [-0.39, 0.29) is 0 Å². The molecule has 0 bridgehead atoms. The number of anilines is 1. The van der Waals surface area contributed by atoms with Gasteiger partial charge in [-0.2, -0.15) is 0 Å². The number of rotatable bonds is 4. The molecule has 0 unspecified atom stereocenters. The second-order valence-corrected chi connectivity index (χ2v) is 17.1. The number of aryl methyl sites for hydroxylation is 2. The zero-order valence-electron chi connectivity index (χ0n) is 36.9. The standard InChI is InChI=1S/C44H31N.C13H12.C7H8/c45-34-26-23-30(24-27-34)31-25-28-38-36(29-31)35-17-7-8-18-37(35)44(38)41-21-11-9-19-39(41)43(32-13-3-1-4-14-32,33-15-5-2-6-16-33)40-20-10-12-22-42(40)44;1-11-7-9-13(10-8-11)12-5-3-2-4-6-12;1-7-5-3-2-4-6-7/h1-29H,45H2;2-10H,1H3;2-6H,1H3. The van der Waals surface area contributed by atoms with Crippen LogP contribution in [0, 0.1) is 13.8 Å². The predicted octanol–water partition coefficient (Wildman–Crippen LogP) is 15.7. The van der Waals surface area contributed by atoms with Crippen molar-refractivity contribution >= 4 is 5.69 Å². The van der Waals surface area contributed by atoms with Crippen molar-refractivity contribution in [2.24, 2.45) is 0 Å². The van der Waals surface area contributed by atoms with Crippen molar-refractivity contribution in [3.8, 4) is 33.4 Å². The van der Waals surface area contributed by atoms with Crippen molar-refractivity contribution in [1.29, 1.82) is 0 Å². The highest BCUT2D eigenvalue weighted by Crippen LogP contribution is 2.64. The van der Waals surface area contributed by atoms with Crippen LogP contribution in [0.25, 0.3) is 33.4 Å². The molecule has 2 N–H and O–H groups in total. The molecule has 1 spiro atoms. The maximum atomic E-state index is 6.05. The van der Waals surface area contributed by atoms with Gasteiger partial charge in [-0.15, -0.1) is 0 Å². The van der Waals surface area contributed by atoms with Gasteiger partial charge in [0.15, 0.2) is 0 Å². The van der Waals surface area contributed by atoms with Crippen LogP contribution in [0.3, 0.4) is 0 Å². The van der Waals surface area contributed by atoms with Crippen molar-refractivity contribution in [2.75, 3.05) is 5.73 Å². The number of nitrogen functional groups attached to an aromatic ring is 1. The molecule has 2 aliphatic carbocycles.